The zero-order valence-corrected chi connectivity index (χ0v) is 17.7. The van der Waals surface area contributed by atoms with E-state index in [0.29, 0.717) is 30.3 Å². The number of carbonyl (C=O) groups is 4. The van der Waals surface area contributed by atoms with Crippen LogP contribution in [0.5, 0.6) is 0 Å². The van der Waals surface area contributed by atoms with Crippen molar-refractivity contribution < 1.29 is 23.9 Å². The summed E-state index contributed by atoms with van der Waals surface area (Å²) in [6, 6.07) is 7.91. The maximum Gasteiger partial charge on any atom is 0.344 e. The van der Waals surface area contributed by atoms with E-state index >= 15 is 0 Å². The Labute approximate surface area is 184 Å². The van der Waals surface area contributed by atoms with Crippen LogP contribution < -0.4 is 10.7 Å². The van der Waals surface area contributed by atoms with Gasteiger partial charge in [0, 0.05) is 12.4 Å². The third-order valence-corrected chi connectivity index (χ3v) is 5.95. The Bertz CT molecular complexity index is 1010. The maximum atomic E-state index is 12.8. The normalized spacial score (nSPS) is 22.7. The number of hydrogen-bond acceptors (Lipinski definition) is 6. The zero-order chi connectivity index (χ0) is 22.7. The largest absolute Gasteiger partial charge is 0.452 e. The molecule has 1 aromatic carbocycles. The van der Waals surface area contributed by atoms with Crippen molar-refractivity contribution in [2.45, 2.75) is 44.7 Å². The average molecular weight is 439 g/mol. The van der Waals surface area contributed by atoms with E-state index in [-0.39, 0.29) is 5.56 Å². The highest BCUT2D eigenvalue weighted by atomic mass is 16.5. The molecule has 2 aliphatic rings. The zero-order valence-electron chi connectivity index (χ0n) is 17.7. The van der Waals surface area contributed by atoms with Gasteiger partial charge in [-0.05, 0) is 55.4 Å². The molecule has 1 aliphatic heterocycles. The van der Waals surface area contributed by atoms with Crippen molar-refractivity contribution in [2.75, 3.05) is 6.61 Å². The van der Waals surface area contributed by atoms with Crippen LogP contribution in [-0.4, -0.2) is 50.7 Å². The number of amides is 4. The molecule has 1 aliphatic carbocycles. The lowest BCUT2D eigenvalue weighted by atomic mass is 9.77. The monoisotopic (exact) mass is 439 g/mol. The summed E-state index contributed by atoms with van der Waals surface area (Å²) in [6.45, 7) is 2.06. The van der Waals surface area contributed by atoms with Crippen LogP contribution in [0.3, 0.4) is 0 Å². The van der Waals surface area contributed by atoms with Crippen LogP contribution in [0.4, 0.5) is 4.79 Å². The van der Waals surface area contributed by atoms with Gasteiger partial charge in [-0.3, -0.25) is 19.7 Å². The van der Waals surface area contributed by atoms with Crippen LogP contribution in [0, 0.1) is 5.92 Å². The van der Waals surface area contributed by atoms with Gasteiger partial charge < -0.3 is 10.1 Å². The summed E-state index contributed by atoms with van der Waals surface area (Å²) in [5.41, 5.74) is 2.53. The minimum Gasteiger partial charge on any atom is -0.452 e. The van der Waals surface area contributed by atoms with Crippen molar-refractivity contribution >= 4 is 23.8 Å². The molecule has 0 radical (unpaired) electrons. The molecule has 32 heavy (non-hydrogen) atoms. The van der Waals surface area contributed by atoms with E-state index in [1.165, 1.54) is 0 Å². The maximum absolute atomic E-state index is 12.8. The number of esters is 1. The minimum atomic E-state index is -0.953. The number of ether oxygens (including phenoxy) is 1. The summed E-state index contributed by atoms with van der Waals surface area (Å²) in [5.74, 6) is -1.42. The Hall–Kier alpha value is -3.69. The second-order valence-electron chi connectivity index (χ2n) is 8.35. The highest BCUT2D eigenvalue weighted by Crippen LogP contribution is 2.35. The lowest BCUT2D eigenvalue weighted by molar-refractivity contribution is -0.141. The van der Waals surface area contributed by atoms with Gasteiger partial charge in [-0.15, -0.1) is 0 Å². The topological polar surface area (TPSA) is 123 Å². The van der Waals surface area contributed by atoms with Crippen molar-refractivity contribution in [3.63, 3.8) is 0 Å². The van der Waals surface area contributed by atoms with Gasteiger partial charge in [0.2, 0.25) is 0 Å². The first-order valence-corrected chi connectivity index (χ1v) is 10.6. The quantitative estimate of drug-likeness (QED) is 0.521. The molecular weight excluding hydrogens is 414 g/mol. The number of hydrazine groups is 1. The molecule has 4 rings (SSSR count). The van der Waals surface area contributed by atoms with Crippen LogP contribution in [0.15, 0.2) is 42.7 Å². The van der Waals surface area contributed by atoms with Crippen LogP contribution in [0.2, 0.25) is 0 Å². The molecule has 1 aromatic heterocycles. The van der Waals surface area contributed by atoms with Gasteiger partial charge in [-0.2, -0.15) is 10.1 Å². The van der Waals surface area contributed by atoms with Crippen LogP contribution >= 0.6 is 0 Å². The summed E-state index contributed by atoms with van der Waals surface area (Å²) >= 11 is 0. The van der Waals surface area contributed by atoms with E-state index in [1.54, 1.807) is 35.1 Å². The van der Waals surface area contributed by atoms with Gasteiger partial charge in [0.15, 0.2) is 6.61 Å². The summed E-state index contributed by atoms with van der Waals surface area (Å²) in [7, 11) is 0. The molecule has 1 saturated heterocycles. The van der Waals surface area contributed by atoms with Crippen molar-refractivity contribution in [1.82, 2.24) is 25.5 Å². The fraction of sp³-hybridized carbons (Fsp3) is 0.409. The van der Waals surface area contributed by atoms with Gasteiger partial charge in [0.1, 0.15) is 5.54 Å². The molecule has 0 atom stereocenters. The lowest BCUT2D eigenvalue weighted by Crippen LogP contribution is -2.52. The van der Waals surface area contributed by atoms with Gasteiger partial charge in [0.25, 0.3) is 11.8 Å². The molecule has 2 heterocycles. The average Bonchev–Trinajstić information content (AvgIpc) is 3.37. The second-order valence-corrected chi connectivity index (χ2v) is 8.35. The smallest absolute Gasteiger partial charge is 0.344 e. The Morgan fingerprint density at radius 1 is 1.22 bits per heavy atom. The number of hydrogen-bond donors (Lipinski definition) is 2. The number of urea groups is 1. The molecule has 1 spiro atoms. The summed E-state index contributed by atoms with van der Waals surface area (Å²) in [6.07, 6.45) is 6.25. The number of benzene rings is 1. The Morgan fingerprint density at radius 2 is 1.94 bits per heavy atom. The third kappa shape index (κ3) is 4.48. The van der Waals surface area contributed by atoms with Gasteiger partial charge in [-0.25, -0.2) is 9.59 Å². The summed E-state index contributed by atoms with van der Waals surface area (Å²) in [5, 5.41) is 7.53. The second kappa shape index (κ2) is 8.81. The molecule has 168 valence electrons. The summed E-state index contributed by atoms with van der Waals surface area (Å²) in [4.78, 5) is 49.4. The molecule has 2 N–H and O–H groups in total. The number of rotatable bonds is 6. The fourth-order valence-corrected chi connectivity index (χ4v) is 4.01. The molecule has 10 heteroatoms. The van der Waals surface area contributed by atoms with E-state index in [1.807, 2.05) is 12.3 Å². The van der Waals surface area contributed by atoms with Gasteiger partial charge in [-0.1, -0.05) is 19.1 Å². The highest BCUT2D eigenvalue weighted by Gasteiger charge is 2.52. The number of nitrogens with zero attached hydrogens (tertiary/aromatic N) is 3. The van der Waals surface area contributed by atoms with Crippen molar-refractivity contribution in [3.8, 4) is 0 Å². The molecule has 0 bridgehead atoms. The van der Waals surface area contributed by atoms with E-state index in [9.17, 15) is 19.2 Å². The molecule has 2 aromatic rings. The molecule has 4 amide bonds. The molecule has 0 unspecified atom stereocenters. The van der Waals surface area contributed by atoms with Crippen molar-refractivity contribution in [2.24, 2.45) is 5.92 Å². The fourth-order valence-electron chi connectivity index (χ4n) is 4.01. The first kappa shape index (κ1) is 21.5. The minimum absolute atomic E-state index is 0.285. The van der Waals surface area contributed by atoms with Crippen LogP contribution in [0.25, 0.3) is 0 Å². The first-order chi connectivity index (χ1) is 15.4. The number of imide groups is 1. The molecular formula is C22H25N5O5. The van der Waals surface area contributed by atoms with Crippen molar-refractivity contribution in [1.29, 1.82) is 0 Å². The number of carbonyl (C=O) groups excluding carboxylic acids is 4. The van der Waals surface area contributed by atoms with Crippen molar-refractivity contribution in [3.05, 3.63) is 53.9 Å². The molecule has 10 nitrogen and oxygen atoms in total. The molecule has 2 fully saturated rings. The predicted octanol–water partition coefficient (Wildman–Crippen LogP) is 1.62. The lowest BCUT2D eigenvalue weighted by Gasteiger charge is -2.33. The van der Waals surface area contributed by atoms with Gasteiger partial charge >= 0.3 is 12.0 Å². The van der Waals surface area contributed by atoms with E-state index < -0.39 is 36.0 Å². The Morgan fingerprint density at radius 3 is 2.59 bits per heavy atom. The Balaban J connectivity index is 1.28. The number of nitrogens with one attached hydrogen (secondary N) is 2. The van der Waals surface area contributed by atoms with Gasteiger partial charge in [0.05, 0.1) is 12.1 Å². The van der Waals surface area contributed by atoms with Crippen LogP contribution in [-0.2, 0) is 20.9 Å². The SMILES string of the molecule is CC1CCC2(CC1)NC(=O)N(NC(=O)COC(=O)c1ccc(Cn3cccn3)cc1)C2=O. The third-order valence-electron chi connectivity index (χ3n) is 5.95. The Kier molecular flexibility index (Phi) is 5.93. The number of aromatic nitrogens is 2. The first-order valence-electron chi connectivity index (χ1n) is 10.6. The summed E-state index contributed by atoms with van der Waals surface area (Å²) < 4.78 is 6.78. The van der Waals surface area contributed by atoms with E-state index in [0.717, 1.165) is 18.4 Å². The van der Waals surface area contributed by atoms with Crippen LogP contribution in [0.1, 0.15) is 48.5 Å². The standard InChI is InChI=1S/C22H25N5O5/c1-15-7-9-22(10-8-15)20(30)27(21(31)24-22)25-18(28)14-32-19(29)17-5-3-16(4-6-17)13-26-12-2-11-23-26/h2-6,11-12,15H,7-10,13-14H2,1H3,(H,24,31)(H,25,28). The van der Waals surface area contributed by atoms with E-state index in [4.69, 9.17) is 4.74 Å². The highest BCUT2D eigenvalue weighted by molar-refractivity contribution is 6.08. The molecule has 1 saturated carbocycles. The van der Waals surface area contributed by atoms with E-state index in [2.05, 4.69) is 22.8 Å². The predicted molar refractivity (Wildman–Crippen MR) is 112 cm³/mol.